The molecule has 19 heavy (non-hydrogen) atoms. The molecule has 0 aromatic carbocycles. The van der Waals surface area contributed by atoms with Crippen molar-refractivity contribution in [1.29, 1.82) is 0 Å². The zero-order valence-electron chi connectivity index (χ0n) is 12.9. The molecule has 5 heteroatoms. The number of piperidine rings is 1. The van der Waals surface area contributed by atoms with Crippen molar-refractivity contribution < 1.29 is 14.3 Å². The smallest absolute Gasteiger partial charge is 0.327 e. The first-order valence-electron chi connectivity index (χ1n) is 7.00. The van der Waals surface area contributed by atoms with Gasteiger partial charge in [0.05, 0.1) is 12.7 Å². The molecule has 1 fully saturated rings. The van der Waals surface area contributed by atoms with Gasteiger partial charge >= 0.3 is 5.97 Å². The van der Waals surface area contributed by atoms with Crippen LogP contribution in [-0.4, -0.2) is 62.4 Å². The lowest BCUT2D eigenvalue weighted by Gasteiger charge is -2.42. The topological polar surface area (TPSA) is 50.8 Å². The van der Waals surface area contributed by atoms with E-state index in [4.69, 9.17) is 9.47 Å². The van der Waals surface area contributed by atoms with Crippen molar-refractivity contribution in [3.05, 3.63) is 0 Å². The van der Waals surface area contributed by atoms with Gasteiger partial charge in [0, 0.05) is 20.2 Å². The minimum absolute atomic E-state index is 0.110. The van der Waals surface area contributed by atoms with E-state index in [1.165, 1.54) is 7.11 Å². The van der Waals surface area contributed by atoms with Crippen molar-refractivity contribution in [2.24, 2.45) is 0 Å². The van der Waals surface area contributed by atoms with E-state index in [1.54, 1.807) is 7.11 Å². The van der Waals surface area contributed by atoms with E-state index in [-0.39, 0.29) is 11.6 Å². The van der Waals surface area contributed by atoms with E-state index in [0.717, 1.165) is 32.5 Å². The lowest BCUT2D eigenvalue weighted by molar-refractivity contribution is -0.149. The summed E-state index contributed by atoms with van der Waals surface area (Å²) in [5.41, 5.74) is -0.767. The van der Waals surface area contributed by atoms with E-state index >= 15 is 0 Å². The monoisotopic (exact) mass is 272 g/mol. The molecule has 0 radical (unpaired) electrons. The Kier molecular flexibility index (Phi) is 5.77. The number of carbonyl (C=O) groups is 1. The fourth-order valence-electron chi connectivity index (χ4n) is 2.86. The predicted octanol–water partition coefficient (Wildman–Crippen LogP) is 1.03. The molecular weight excluding hydrogens is 244 g/mol. The molecule has 0 bridgehead atoms. The highest BCUT2D eigenvalue weighted by Gasteiger charge is 2.39. The number of likely N-dealkylation sites (N-methyl/N-ethyl adjacent to an activating group) is 1. The van der Waals surface area contributed by atoms with E-state index < -0.39 is 5.54 Å². The van der Waals surface area contributed by atoms with Crippen LogP contribution in [0, 0.1) is 0 Å². The van der Waals surface area contributed by atoms with Crippen LogP contribution >= 0.6 is 0 Å². The molecule has 5 nitrogen and oxygen atoms in total. The van der Waals surface area contributed by atoms with Crippen LogP contribution in [0.5, 0.6) is 0 Å². The molecule has 0 aromatic rings. The van der Waals surface area contributed by atoms with Crippen LogP contribution in [0.3, 0.4) is 0 Å². The molecule has 0 saturated carbocycles. The standard InChI is InChI=1S/C14H28N2O3/c1-6-15-14(3,12(17)18-4)11-16-9-7-8-13(2,10-16)19-5/h15H,6-11H2,1-5H3. The summed E-state index contributed by atoms with van der Waals surface area (Å²) >= 11 is 0. The van der Waals surface area contributed by atoms with Crippen molar-refractivity contribution in [3.63, 3.8) is 0 Å². The number of hydrogen-bond donors (Lipinski definition) is 1. The lowest BCUT2D eigenvalue weighted by Crippen LogP contribution is -2.60. The van der Waals surface area contributed by atoms with Crippen LogP contribution in [0.25, 0.3) is 0 Å². The summed E-state index contributed by atoms with van der Waals surface area (Å²) in [7, 11) is 3.20. The highest BCUT2D eigenvalue weighted by molar-refractivity contribution is 5.80. The Hall–Kier alpha value is -0.650. The number of ether oxygens (including phenoxy) is 2. The molecule has 1 aliphatic heterocycles. The summed E-state index contributed by atoms with van der Waals surface area (Å²) in [6, 6.07) is 0. The van der Waals surface area contributed by atoms with Crippen molar-refractivity contribution in [2.45, 2.75) is 44.8 Å². The number of carbonyl (C=O) groups excluding carboxylic acids is 1. The largest absolute Gasteiger partial charge is 0.468 e. The third-order valence-electron chi connectivity index (χ3n) is 3.97. The molecule has 1 rings (SSSR count). The normalized spacial score (nSPS) is 27.8. The van der Waals surface area contributed by atoms with Gasteiger partial charge in [-0.25, -0.2) is 0 Å². The first-order chi connectivity index (χ1) is 8.89. The molecule has 1 N–H and O–H groups in total. The van der Waals surface area contributed by atoms with Crippen LogP contribution in [-0.2, 0) is 14.3 Å². The summed E-state index contributed by atoms with van der Waals surface area (Å²) < 4.78 is 10.5. The highest BCUT2D eigenvalue weighted by atomic mass is 16.5. The molecule has 1 heterocycles. The average molecular weight is 272 g/mol. The number of methoxy groups -OCH3 is 2. The number of esters is 1. The lowest BCUT2D eigenvalue weighted by atomic mass is 9.92. The van der Waals surface area contributed by atoms with E-state index in [2.05, 4.69) is 17.1 Å². The second kappa shape index (κ2) is 6.68. The maximum atomic E-state index is 12.0. The first kappa shape index (κ1) is 16.4. The van der Waals surface area contributed by atoms with Gasteiger partial charge in [-0.05, 0) is 39.8 Å². The van der Waals surface area contributed by atoms with Crippen molar-refractivity contribution in [1.82, 2.24) is 10.2 Å². The summed E-state index contributed by atoms with van der Waals surface area (Å²) in [5, 5.41) is 3.25. The quantitative estimate of drug-likeness (QED) is 0.732. The van der Waals surface area contributed by atoms with Gasteiger partial charge in [-0.2, -0.15) is 0 Å². The number of hydrogen-bond acceptors (Lipinski definition) is 5. The minimum atomic E-state index is -0.657. The van der Waals surface area contributed by atoms with Gasteiger partial charge in [0.15, 0.2) is 0 Å². The van der Waals surface area contributed by atoms with Gasteiger partial charge in [-0.15, -0.1) is 0 Å². The summed E-state index contributed by atoms with van der Waals surface area (Å²) in [4.78, 5) is 14.3. The summed E-state index contributed by atoms with van der Waals surface area (Å²) in [6.45, 7) is 9.26. The minimum Gasteiger partial charge on any atom is -0.468 e. The summed E-state index contributed by atoms with van der Waals surface area (Å²) in [6.07, 6.45) is 2.16. The van der Waals surface area contributed by atoms with Gasteiger partial charge in [0.25, 0.3) is 0 Å². The highest BCUT2D eigenvalue weighted by Crippen LogP contribution is 2.25. The van der Waals surface area contributed by atoms with Crippen molar-refractivity contribution >= 4 is 5.97 Å². The number of nitrogens with zero attached hydrogens (tertiary/aromatic N) is 1. The van der Waals surface area contributed by atoms with Crippen LogP contribution in [0.15, 0.2) is 0 Å². The third-order valence-corrected chi connectivity index (χ3v) is 3.97. The molecule has 0 aromatic heterocycles. The van der Waals surface area contributed by atoms with Crippen molar-refractivity contribution in [3.8, 4) is 0 Å². The Balaban J connectivity index is 2.71. The van der Waals surface area contributed by atoms with Crippen molar-refractivity contribution in [2.75, 3.05) is 40.4 Å². The molecule has 0 aliphatic carbocycles. The van der Waals surface area contributed by atoms with E-state index in [0.29, 0.717) is 6.54 Å². The van der Waals surface area contributed by atoms with Crippen LogP contribution < -0.4 is 5.32 Å². The maximum Gasteiger partial charge on any atom is 0.327 e. The molecule has 1 saturated heterocycles. The number of likely N-dealkylation sites (tertiary alicyclic amines) is 1. The second-order valence-electron chi connectivity index (χ2n) is 5.82. The van der Waals surface area contributed by atoms with Gasteiger partial charge in [-0.1, -0.05) is 6.92 Å². The Morgan fingerprint density at radius 2 is 2.16 bits per heavy atom. The van der Waals surface area contributed by atoms with Gasteiger partial charge in [0.1, 0.15) is 5.54 Å². The average Bonchev–Trinajstić information content (AvgIpc) is 2.38. The fourth-order valence-corrected chi connectivity index (χ4v) is 2.86. The second-order valence-corrected chi connectivity index (χ2v) is 5.82. The first-order valence-corrected chi connectivity index (χ1v) is 7.00. The Morgan fingerprint density at radius 3 is 2.68 bits per heavy atom. The van der Waals surface area contributed by atoms with Gasteiger partial charge < -0.3 is 14.8 Å². The zero-order chi connectivity index (χ0) is 14.5. The predicted molar refractivity (Wildman–Crippen MR) is 75.2 cm³/mol. The van der Waals surface area contributed by atoms with Gasteiger partial charge in [0.2, 0.25) is 0 Å². The van der Waals surface area contributed by atoms with Crippen LogP contribution in [0.4, 0.5) is 0 Å². The molecule has 2 unspecified atom stereocenters. The molecule has 0 spiro atoms. The molecular formula is C14H28N2O3. The maximum absolute atomic E-state index is 12.0. The molecule has 2 atom stereocenters. The fraction of sp³-hybridized carbons (Fsp3) is 0.929. The summed E-state index contributed by atoms with van der Waals surface area (Å²) in [5.74, 6) is -0.209. The van der Waals surface area contributed by atoms with Crippen LogP contribution in [0.2, 0.25) is 0 Å². The Morgan fingerprint density at radius 1 is 1.47 bits per heavy atom. The molecule has 112 valence electrons. The number of rotatable bonds is 6. The SMILES string of the molecule is CCNC(C)(CN1CCCC(C)(OC)C1)C(=O)OC. The number of nitrogens with one attached hydrogen (secondary N) is 1. The molecule has 1 aliphatic rings. The Labute approximate surface area is 116 Å². The Bertz CT molecular complexity index is 311. The van der Waals surface area contributed by atoms with E-state index in [9.17, 15) is 4.79 Å². The molecule has 0 amide bonds. The van der Waals surface area contributed by atoms with E-state index in [1.807, 2.05) is 13.8 Å². The van der Waals surface area contributed by atoms with Gasteiger partial charge in [-0.3, -0.25) is 9.69 Å². The zero-order valence-corrected chi connectivity index (χ0v) is 12.9. The third kappa shape index (κ3) is 4.16. The van der Waals surface area contributed by atoms with Crippen LogP contribution in [0.1, 0.15) is 33.6 Å².